The number of carbonyl (C=O) groups excluding carboxylic acids is 2. The minimum absolute atomic E-state index is 0.0561. The number of fused-ring (bicyclic) bond motifs is 1. The SMILES string of the molecule is CS(=O)(=O)N(CC(=O)N(Cc1ccc(Br)cc1)[C@H](Cc1ccccc1)C(=O)NC1CCCC1)c1ccc2c(c1)OCCO2. The molecule has 5 rings (SSSR count). The number of sulfonamides is 1. The lowest BCUT2D eigenvalue weighted by molar-refractivity contribution is -0.140. The average molecular weight is 671 g/mol. The number of nitrogens with zero attached hydrogens (tertiary/aromatic N) is 2. The Morgan fingerprint density at radius 2 is 1.60 bits per heavy atom. The van der Waals surface area contributed by atoms with E-state index in [2.05, 4.69) is 21.2 Å². The molecule has 1 N–H and O–H groups in total. The van der Waals surface area contributed by atoms with Crippen molar-refractivity contribution in [1.29, 1.82) is 0 Å². The first-order valence-electron chi connectivity index (χ1n) is 14.4. The molecule has 9 nitrogen and oxygen atoms in total. The van der Waals surface area contributed by atoms with E-state index in [0.717, 1.165) is 51.8 Å². The van der Waals surface area contributed by atoms with Crippen LogP contribution in [0.15, 0.2) is 77.3 Å². The largest absolute Gasteiger partial charge is 0.486 e. The van der Waals surface area contributed by atoms with Gasteiger partial charge in [0.05, 0.1) is 11.9 Å². The molecule has 0 aromatic heterocycles. The molecule has 1 fully saturated rings. The Morgan fingerprint density at radius 1 is 0.930 bits per heavy atom. The molecular formula is C32H36BrN3O6S. The lowest BCUT2D eigenvalue weighted by Crippen LogP contribution is -2.54. The fourth-order valence-electron chi connectivity index (χ4n) is 5.51. The van der Waals surface area contributed by atoms with E-state index in [1.165, 1.54) is 4.90 Å². The summed E-state index contributed by atoms with van der Waals surface area (Å²) in [5.41, 5.74) is 1.99. The van der Waals surface area contributed by atoms with Gasteiger partial charge in [-0.3, -0.25) is 13.9 Å². The van der Waals surface area contributed by atoms with Crippen molar-refractivity contribution in [3.63, 3.8) is 0 Å². The zero-order valence-electron chi connectivity index (χ0n) is 24.1. The predicted molar refractivity (Wildman–Crippen MR) is 169 cm³/mol. The summed E-state index contributed by atoms with van der Waals surface area (Å²) < 4.78 is 39.4. The van der Waals surface area contributed by atoms with Crippen LogP contribution in [0.3, 0.4) is 0 Å². The summed E-state index contributed by atoms with van der Waals surface area (Å²) in [6.07, 6.45) is 5.24. The zero-order chi connectivity index (χ0) is 30.4. The molecule has 11 heteroatoms. The molecule has 228 valence electrons. The summed E-state index contributed by atoms with van der Waals surface area (Å²) >= 11 is 3.46. The molecule has 0 radical (unpaired) electrons. The average Bonchev–Trinajstić information content (AvgIpc) is 3.51. The molecule has 3 aromatic carbocycles. The van der Waals surface area contributed by atoms with Crippen molar-refractivity contribution in [2.24, 2.45) is 0 Å². The molecule has 2 amide bonds. The van der Waals surface area contributed by atoms with Crippen LogP contribution in [0.2, 0.25) is 0 Å². The minimum Gasteiger partial charge on any atom is -0.486 e. The van der Waals surface area contributed by atoms with Crippen LogP contribution in [0.4, 0.5) is 5.69 Å². The maximum Gasteiger partial charge on any atom is 0.244 e. The molecule has 1 atom stereocenters. The lowest BCUT2D eigenvalue weighted by Gasteiger charge is -2.34. The fraction of sp³-hybridized carbons (Fsp3) is 0.375. The fourth-order valence-corrected chi connectivity index (χ4v) is 6.61. The van der Waals surface area contributed by atoms with Gasteiger partial charge < -0.3 is 19.7 Å². The Morgan fingerprint density at radius 3 is 2.28 bits per heavy atom. The summed E-state index contributed by atoms with van der Waals surface area (Å²) in [7, 11) is -3.89. The van der Waals surface area contributed by atoms with Crippen LogP contribution in [0.5, 0.6) is 11.5 Å². The number of rotatable bonds is 11. The Bertz CT molecular complexity index is 1530. The monoisotopic (exact) mass is 669 g/mol. The van der Waals surface area contributed by atoms with Crippen LogP contribution in [0, 0.1) is 0 Å². The Kier molecular flexibility index (Phi) is 9.92. The van der Waals surface area contributed by atoms with Crippen LogP contribution in [-0.2, 0) is 32.6 Å². The second kappa shape index (κ2) is 13.8. The molecule has 2 aliphatic rings. The van der Waals surface area contributed by atoms with Crippen LogP contribution in [0.1, 0.15) is 36.8 Å². The summed E-state index contributed by atoms with van der Waals surface area (Å²) in [5.74, 6) is 0.185. The maximum absolute atomic E-state index is 14.3. The van der Waals surface area contributed by atoms with Gasteiger partial charge in [0.15, 0.2) is 11.5 Å². The highest BCUT2D eigenvalue weighted by molar-refractivity contribution is 9.10. The van der Waals surface area contributed by atoms with E-state index in [1.54, 1.807) is 18.2 Å². The highest BCUT2D eigenvalue weighted by Crippen LogP contribution is 2.35. The number of hydrogen-bond acceptors (Lipinski definition) is 6. The number of amides is 2. The van der Waals surface area contributed by atoms with E-state index in [4.69, 9.17) is 9.47 Å². The van der Waals surface area contributed by atoms with Gasteiger partial charge in [0, 0.05) is 29.5 Å². The van der Waals surface area contributed by atoms with Gasteiger partial charge >= 0.3 is 0 Å². The molecule has 0 unspecified atom stereocenters. The smallest absolute Gasteiger partial charge is 0.244 e. The molecule has 1 aliphatic heterocycles. The number of hydrogen-bond donors (Lipinski definition) is 1. The maximum atomic E-state index is 14.3. The number of carbonyl (C=O) groups is 2. The van der Waals surface area contributed by atoms with Gasteiger partial charge in [-0.15, -0.1) is 0 Å². The van der Waals surface area contributed by atoms with E-state index < -0.39 is 28.5 Å². The molecule has 43 heavy (non-hydrogen) atoms. The Hall–Kier alpha value is -3.57. The lowest BCUT2D eigenvalue weighted by atomic mass is 10.0. The minimum atomic E-state index is -3.89. The number of anilines is 1. The summed E-state index contributed by atoms with van der Waals surface area (Å²) in [6, 6.07) is 21.1. The number of benzene rings is 3. The molecular weight excluding hydrogens is 634 g/mol. The first-order valence-corrected chi connectivity index (χ1v) is 17.1. The molecule has 1 aliphatic carbocycles. The van der Waals surface area contributed by atoms with Crippen molar-refractivity contribution in [1.82, 2.24) is 10.2 Å². The van der Waals surface area contributed by atoms with Crippen LogP contribution in [-0.4, -0.2) is 63.2 Å². The van der Waals surface area contributed by atoms with E-state index >= 15 is 0 Å². The van der Waals surface area contributed by atoms with Gasteiger partial charge in [0.1, 0.15) is 25.8 Å². The first-order chi connectivity index (χ1) is 20.7. The van der Waals surface area contributed by atoms with Gasteiger partial charge in [0.2, 0.25) is 21.8 Å². The van der Waals surface area contributed by atoms with Gasteiger partial charge in [-0.2, -0.15) is 0 Å². The van der Waals surface area contributed by atoms with Crippen molar-refractivity contribution in [2.75, 3.05) is 30.3 Å². The number of ether oxygens (including phenoxy) is 2. The summed E-state index contributed by atoms with van der Waals surface area (Å²) in [6.45, 7) is 0.376. The third-order valence-corrected chi connectivity index (χ3v) is 9.40. The van der Waals surface area contributed by atoms with E-state index in [1.807, 2.05) is 54.6 Å². The van der Waals surface area contributed by atoms with Gasteiger partial charge in [0.25, 0.3) is 0 Å². The summed E-state index contributed by atoms with van der Waals surface area (Å²) in [4.78, 5) is 29.7. The second-order valence-corrected chi connectivity index (χ2v) is 13.8. The molecule has 0 bridgehead atoms. The van der Waals surface area contributed by atoms with E-state index in [-0.39, 0.29) is 30.6 Å². The van der Waals surface area contributed by atoms with Crippen LogP contribution < -0.4 is 19.1 Å². The molecule has 1 saturated carbocycles. The van der Waals surface area contributed by atoms with Crippen molar-refractivity contribution in [2.45, 2.75) is 50.7 Å². The molecule has 3 aromatic rings. The van der Waals surface area contributed by atoms with Gasteiger partial charge in [-0.1, -0.05) is 71.2 Å². The van der Waals surface area contributed by atoms with Crippen LogP contribution in [0.25, 0.3) is 0 Å². The quantitative estimate of drug-likeness (QED) is 0.318. The normalized spacial score (nSPS) is 15.5. The molecule has 0 saturated heterocycles. The van der Waals surface area contributed by atoms with Crippen molar-refractivity contribution >= 4 is 43.5 Å². The Balaban J connectivity index is 1.50. The highest BCUT2D eigenvalue weighted by Gasteiger charge is 2.34. The standard InChI is InChI=1S/C32H36BrN3O6S/c1-43(39,40)36(27-15-16-29-30(20-27)42-18-17-41-29)22-31(37)35(21-24-11-13-25(33)14-12-24)28(19-23-7-3-2-4-8-23)32(38)34-26-9-5-6-10-26/h2-4,7-8,11-16,20,26,28H,5-6,9-10,17-19,21-22H2,1H3,(H,34,38)/t28-/m1/s1. The second-order valence-electron chi connectivity index (χ2n) is 10.9. The van der Waals surface area contributed by atoms with E-state index in [9.17, 15) is 18.0 Å². The van der Waals surface area contributed by atoms with Crippen LogP contribution >= 0.6 is 15.9 Å². The molecule has 1 heterocycles. The zero-order valence-corrected chi connectivity index (χ0v) is 26.5. The molecule has 0 spiro atoms. The Labute approximate surface area is 261 Å². The van der Waals surface area contributed by atoms with Gasteiger partial charge in [-0.25, -0.2) is 8.42 Å². The highest BCUT2D eigenvalue weighted by atomic mass is 79.9. The van der Waals surface area contributed by atoms with Crippen molar-refractivity contribution in [3.05, 3.63) is 88.4 Å². The first kappa shape index (κ1) is 30.9. The third kappa shape index (κ3) is 8.08. The van der Waals surface area contributed by atoms with Crippen molar-refractivity contribution < 1.29 is 27.5 Å². The van der Waals surface area contributed by atoms with E-state index in [0.29, 0.717) is 24.7 Å². The number of nitrogens with one attached hydrogen (secondary N) is 1. The number of halogens is 1. The predicted octanol–water partition coefficient (Wildman–Crippen LogP) is 4.69. The van der Waals surface area contributed by atoms with Gasteiger partial charge in [-0.05, 0) is 48.2 Å². The topological polar surface area (TPSA) is 105 Å². The summed E-state index contributed by atoms with van der Waals surface area (Å²) in [5, 5.41) is 3.18. The van der Waals surface area contributed by atoms with Crippen molar-refractivity contribution in [3.8, 4) is 11.5 Å². The third-order valence-electron chi connectivity index (χ3n) is 7.73.